The van der Waals surface area contributed by atoms with Gasteiger partial charge in [-0.1, -0.05) is 25.1 Å². The number of ether oxygens (including phenoxy) is 1. The lowest BCUT2D eigenvalue weighted by atomic mass is 10.1. The molecule has 3 aromatic rings. The largest absolute Gasteiger partial charge is 0.465 e. The van der Waals surface area contributed by atoms with Gasteiger partial charge in [0.15, 0.2) is 4.34 Å². The van der Waals surface area contributed by atoms with E-state index in [1.807, 2.05) is 24.3 Å². The predicted molar refractivity (Wildman–Crippen MR) is 108 cm³/mol. The summed E-state index contributed by atoms with van der Waals surface area (Å²) in [6.07, 6.45) is 0. The minimum atomic E-state index is -3.81. The molecule has 1 heterocycles. The van der Waals surface area contributed by atoms with Crippen LogP contribution in [0.1, 0.15) is 22.8 Å². The Hall–Kier alpha value is -1.94. The Morgan fingerprint density at radius 3 is 2.67 bits per heavy atom. The molecule has 0 aliphatic heterocycles. The number of aromatic nitrogens is 1. The summed E-state index contributed by atoms with van der Waals surface area (Å²) in [4.78, 5) is 16.4. The van der Waals surface area contributed by atoms with Crippen LogP contribution in [0.5, 0.6) is 0 Å². The Kier molecular flexibility index (Phi) is 5.85. The Bertz CT molecular complexity index is 1060. The summed E-state index contributed by atoms with van der Waals surface area (Å²) in [5, 5.41) is 0. The Morgan fingerprint density at radius 2 is 2.00 bits per heavy atom. The molecular formula is C18H18N2O4S3. The van der Waals surface area contributed by atoms with Crippen LogP contribution in [0, 0.1) is 6.92 Å². The standard InChI is InChI=1S/C18H18N2O4S3/c1-4-20(26-18-19-15-7-5-6-8-16(15)25-18)27(22,23)13-10-9-12(2)14(11-13)17(21)24-3/h5-11H,4H2,1-3H3. The molecule has 0 saturated carbocycles. The highest BCUT2D eigenvalue weighted by atomic mass is 32.3. The lowest BCUT2D eigenvalue weighted by molar-refractivity contribution is 0.0599. The van der Waals surface area contributed by atoms with Crippen molar-refractivity contribution >= 4 is 49.5 Å². The average molecular weight is 423 g/mol. The summed E-state index contributed by atoms with van der Waals surface area (Å²) in [5.41, 5.74) is 1.73. The number of fused-ring (bicyclic) bond motifs is 1. The first-order valence-electron chi connectivity index (χ1n) is 8.12. The highest BCUT2D eigenvalue weighted by molar-refractivity contribution is 8.09. The molecular weight excluding hydrogens is 404 g/mol. The van der Waals surface area contributed by atoms with Gasteiger partial charge in [0.2, 0.25) is 0 Å². The summed E-state index contributed by atoms with van der Waals surface area (Å²) in [7, 11) is -2.54. The van der Waals surface area contributed by atoms with E-state index in [2.05, 4.69) is 4.98 Å². The van der Waals surface area contributed by atoms with Crippen LogP contribution in [0.15, 0.2) is 51.7 Å². The molecule has 1 aromatic heterocycles. The third-order valence-electron chi connectivity index (χ3n) is 3.89. The maximum Gasteiger partial charge on any atom is 0.338 e. The Balaban J connectivity index is 1.95. The monoisotopic (exact) mass is 422 g/mol. The predicted octanol–water partition coefficient (Wildman–Crippen LogP) is 4.11. The van der Waals surface area contributed by atoms with Gasteiger partial charge >= 0.3 is 5.97 Å². The van der Waals surface area contributed by atoms with Gasteiger partial charge < -0.3 is 4.74 Å². The van der Waals surface area contributed by atoms with Gasteiger partial charge in [-0.25, -0.2) is 18.2 Å². The molecule has 3 rings (SSSR count). The summed E-state index contributed by atoms with van der Waals surface area (Å²) in [6, 6.07) is 12.1. The second-order valence-electron chi connectivity index (χ2n) is 5.63. The van der Waals surface area contributed by atoms with Crippen molar-refractivity contribution in [3.05, 3.63) is 53.6 Å². The summed E-state index contributed by atoms with van der Waals surface area (Å²) >= 11 is 2.52. The Morgan fingerprint density at radius 1 is 1.26 bits per heavy atom. The first kappa shape index (κ1) is 19.8. The van der Waals surface area contributed by atoms with Crippen LogP contribution < -0.4 is 0 Å². The van der Waals surface area contributed by atoms with E-state index < -0.39 is 16.0 Å². The number of methoxy groups -OCH3 is 1. The van der Waals surface area contributed by atoms with E-state index >= 15 is 0 Å². The van der Waals surface area contributed by atoms with E-state index in [1.54, 1.807) is 19.9 Å². The molecule has 0 saturated heterocycles. The number of rotatable bonds is 6. The zero-order chi connectivity index (χ0) is 19.6. The quantitative estimate of drug-likeness (QED) is 0.439. The van der Waals surface area contributed by atoms with E-state index in [0.29, 0.717) is 9.90 Å². The van der Waals surface area contributed by atoms with Crippen molar-refractivity contribution in [1.82, 2.24) is 8.69 Å². The number of para-hydroxylation sites is 1. The van der Waals surface area contributed by atoms with Gasteiger partial charge in [0.1, 0.15) is 0 Å². The van der Waals surface area contributed by atoms with Crippen LogP contribution in [-0.2, 0) is 14.8 Å². The molecule has 0 spiro atoms. The van der Waals surface area contributed by atoms with Gasteiger partial charge in [-0.05, 0) is 36.8 Å². The van der Waals surface area contributed by atoms with Crippen LogP contribution in [0.2, 0.25) is 0 Å². The van der Waals surface area contributed by atoms with Crippen molar-refractivity contribution in [3.63, 3.8) is 0 Å². The fraction of sp³-hybridized carbons (Fsp3) is 0.222. The van der Waals surface area contributed by atoms with Crippen LogP contribution in [0.3, 0.4) is 0 Å². The topological polar surface area (TPSA) is 76.6 Å². The molecule has 27 heavy (non-hydrogen) atoms. The lowest BCUT2D eigenvalue weighted by Crippen LogP contribution is -2.24. The third-order valence-corrected chi connectivity index (χ3v) is 8.36. The number of hydrogen-bond acceptors (Lipinski definition) is 7. The minimum absolute atomic E-state index is 0.0453. The van der Waals surface area contributed by atoms with Gasteiger partial charge in [-0.3, -0.25) is 0 Å². The molecule has 0 atom stereocenters. The highest BCUT2D eigenvalue weighted by Crippen LogP contribution is 2.34. The smallest absolute Gasteiger partial charge is 0.338 e. The number of nitrogens with zero attached hydrogens (tertiary/aromatic N) is 2. The molecule has 0 fully saturated rings. The highest BCUT2D eigenvalue weighted by Gasteiger charge is 2.27. The van der Waals surface area contributed by atoms with Crippen molar-refractivity contribution in [3.8, 4) is 0 Å². The zero-order valence-electron chi connectivity index (χ0n) is 15.0. The summed E-state index contributed by atoms with van der Waals surface area (Å²) in [6.45, 7) is 3.74. The van der Waals surface area contributed by atoms with E-state index in [0.717, 1.165) is 22.2 Å². The van der Waals surface area contributed by atoms with E-state index in [4.69, 9.17) is 4.74 Å². The SMILES string of the molecule is CCN(Sc1nc2ccccc2s1)S(=O)(=O)c1ccc(C)c(C(=O)OC)c1. The molecule has 0 aliphatic carbocycles. The number of benzene rings is 2. The van der Waals surface area contributed by atoms with Crippen LogP contribution in [0.4, 0.5) is 0 Å². The second kappa shape index (κ2) is 7.97. The zero-order valence-corrected chi connectivity index (χ0v) is 17.5. The fourth-order valence-electron chi connectivity index (χ4n) is 2.47. The Labute approximate surface area is 166 Å². The van der Waals surface area contributed by atoms with Crippen LogP contribution in [0.25, 0.3) is 10.2 Å². The van der Waals surface area contributed by atoms with Gasteiger partial charge in [0.25, 0.3) is 10.0 Å². The number of sulfonamides is 1. The molecule has 2 aromatic carbocycles. The lowest BCUT2D eigenvalue weighted by Gasteiger charge is -2.18. The second-order valence-corrected chi connectivity index (χ2v) is 10.0. The van der Waals surface area contributed by atoms with E-state index in [1.165, 1.54) is 34.3 Å². The van der Waals surface area contributed by atoms with Gasteiger partial charge in [-0.2, -0.15) is 0 Å². The van der Waals surface area contributed by atoms with Crippen molar-refractivity contribution in [2.75, 3.05) is 13.7 Å². The van der Waals surface area contributed by atoms with Crippen LogP contribution >= 0.6 is 23.3 Å². The molecule has 0 amide bonds. The molecule has 0 unspecified atom stereocenters. The number of thiazole rings is 1. The number of hydrogen-bond donors (Lipinski definition) is 0. The van der Waals surface area contributed by atoms with Gasteiger partial charge in [-0.15, -0.1) is 15.0 Å². The van der Waals surface area contributed by atoms with Crippen molar-refractivity contribution in [2.24, 2.45) is 0 Å². The molecule has 0 N–H and O–H groups in total. The molecule has 6 nitrogen and oxygen atoms in total. The van der Waals surface area contributed by atoms with Gasteiger partial charge in [0, 0.05) is 18.5 Å². The number of carbonyl (C=O) groups excluding carboxylic acids is 1. The van der Waals surface area contributed by atoms with Crippen molar-refractivity contribution in [2.45, 2.75) is 23.1 Å². The van der Waals surface area contributed by atoms with E-state index in [-0.39, 0.29) is 17.0 Å². The summed E-state index contributed by atoms with van der Waals surface area (Å²) < 4.78 is 33.8. The molecule has 0 aliphatic rings. The first-order chi connectivity index (χ1) is 12.9. The average Bonchev–Trinajstić information content (AvgIpc) is 3.08. The minimum Gasteiger partial charge on any atom is -0.465 e. The summed E-state index contributed by atoms with van der Waals surface area (Å²) in [5.74, 6) is -0.563. The molecule has 0 bridgehead atoms. The molecule has 9 heteroatoms. The van der Waals surface area contributed by atoms with Gasteiger partial charge in [0.05, 0.1) is 27.8 Å². The maximum atomic E-state index is 13.1. The van der Waals surface area contributed by atoms with Crippen molar-refractivity contribution in [1.29, 1.82) is 0 Å². The number of carbonyl (C=O) groups is 1. The molecule has 0 radical (unpaired) electrons. The number of esters is 1. The van der Waals surface area contributed by atoms with Crippen molar-refractivity contribution < 1.29 is 17.9 Å². The maximum absolute atomic E-state index is 13.1. The van der Waals surface area contributed by atoms with Crippen LogP contribution in [-0.4, -0.2) is 36.7 Å². The normalized spacial score (nSPS) is 11.9. The molecule has 142 valence electrons. The number of aryl methyl sites for hydroxylation is 1. The van der Waals surface area contributed by atoms with E-state index in [9.17, 15) is 13.2 Å². The third kappa shape index (κ3) is 4.01. The first-order valence-corrected chi connectivity index (χ1v) is 11.1. The fourth-order valence-corrected chi connectivity index (χ4v) is 6.38.